The average molecular weight is 323 g/mol. The van der Waals surface area contributed by atoms with Gasteiger partial charge in [-0.25, -0.2) is 8.42 Å². The molecule has 20 heavy (non-hydrogen) atoms. The Morgan fingerprint density at radius 3 is 2.55 bits per heavy atom. The molecule has 0 aromatic heterocycles. The van der Waals surface area contributed by atoms with Crippen LogP contribution >= 0.6 is 11.6 Å². The molecule has 10 heteroatoms. The third kappa shape index (κ3) is 3.81. The van der Waals surface area contributed by atoms with Gasteiger partial charge >= 0.3 is 5.97 Å². The highest BCUT2D eigenvalue weighted by Gasteiger charge is 2.24. The molecule has 0 atom stereocenters. The fourth-order valence-corrected chi connectivity index (χ4v) is 2.40. The number of nitro benzene ring substituents is 1. The number of sulfonamides is 1. The molecule has 8 nitrogen and oxygen atoms in total. The van der Waals surface area contributed by atoms with Gasteiger partial charge in [-0.2, -0.15) is 0 Å². The Balaban J connectivity index is 3.32. The van der Waals surface area contributed by atoms with Gasteiger partial charge in [-0.05, 0) is 12.1 Å². The number of nitrogens with zero attached hydrogens (tertiary/aromatic N) is 2. The maximum Gasteiger partial charge on any atom is 0.326 e. The van der Waals surface area contributed by atoms with Crippen molar-refractivity contribution in [1.82, 2.24) is 0 Å². The van der Waals surface area contributed by atoms with E-state index in [0.29, 0.717) is 4.31 Å². The SMILES string of the molecule is COC(=O)CN(c1ccc(Cl)c([N+](=O)[O-])c1)S(C)(=O)=O. The van der Waals surface area contributed by atoms with E-state index in [1.807, 2.05) is 0 Å². The molecule has 0 N–H and O–H groups in total. The standard InChI is InChI=1S/C10H11ClN2O6S/c1-19-10(14)6-12(20(2,17)18)7-3-4-8(11)9(5-7)13(15)16/h3-5H,6H2,1-2H3. The third-order valence-corrected chi connectivity index (χ3v) is 3.78. The fourth-order valence-electron chi connectivity index (χ4n) is 1.38. The van der Waals surface area contributed by atoms with E-state index in [4.69, 9.17) is 11.6 Å². The fraction of sp³-hybridized carbons (Fsp3) is 0.300. The number of hydrogen-bond acceptors (Lipinski definition) is 6. The van der Waals surface area contributed by atoms with Crippen molar-refractivity contribution in [2.24, 2.45) is 0 Å². The molecular weight excluding hydrogens is 312 g/mol. The molecule has 0 radical (unpaired) electrons. The monoisotopic (exact) mass is 322 g/mol. The summed E-state index contributed by atoms with van der Waals surface area (Å²) in [6.07, 6.45) is 0.871. The van der Waals surface area contributed by atoms with Crippen molar-refractivity contribution in [3.63, 3.8) is 0 Å². The third-order valence-electron chi connectivity index (χ3n) is 2.32. The first kappa shape index (κ1) is 16.2. The van der Waals surface area contributed by atoms with Crippen molar-refractivity contribution in [2.45, 2.75) is 0 Å². The van der Waals surface area contributed by atoms with Gasteiger partial charge < -0.3 is 4.74 Å². The first-order valence-corrected chi connectivity index (χ1v) is 7.38. The number of carbonyl (C=O) groups is 1. The average Bonchev–Trinajstić information content (AvgIpc) is 2.34. The van der Waals surface area contributed by atoms with Crippen LogP contribution in [0.25, 0.3) is 0 Å². The van der Waals surface area contributed by atoms with E-state index in [9.17, 15) is 23.3 Å². The second kappa shape index (κ2) is 6.06. The number of hydrogen-bond donors (Lipinski definition) is 0. The van der Waals surface area contributed by atoms with Crippen LogP contribution in [-0.4, -0.2) is 39.2 Å². The van der Waals surface area contributed by atoms with Crippen molar-refractivity contribution < 1.29 is 22.9 Å². The summed E-state index contributed by atoms with van der Waals surface area (Å²) < 4.78 is 28.4. The molecule has 0 spiro atoms. The van der Waals surface area contributed by atoms with Crippen molar-refractivity contribution in [3.8, 4) is 0 Å². The van der Waals surface area contributed by atoms with Gasteiger partial charge in [0.15, 0.2) is 0 Å². The molecule has 0 bridgehead atoms. The van der Waals surface area contributed by atoms with Crippen molar-refractivity contribution >= 4 is 39.0 Å². The van der Waals surface area contributed by atoms with Crippen molar-refractivity contribution in [3.05, 3.63) is 33.3 Å². The minimum Gasteiger partial charge on any atom is -0.468 e. The first-order valence-electron chi connectivity index (χ1n) is 5.15. The summed E-state index contributed by atoms with van der Waals surface area (Å²) in [6.45, 7) is -0.589. The van der Waals surface area contributed by atoms with E-state index in [1.54, 1.807) is 0 Å². The number of halogens is 1. The molecule has 0 aliphatic rings. The number of anilines is 1. The predicted octanol–water partition coefficient (Wildman–Crippen LogP) is 1.19. The molecule has 0 aliphatic carbocycles. The molecular formula is C10H11ClN2O6S. The molecule has 110 valence electrons. The van der Waals surface area contributed by atoms with Crippen LogP contribution in [-0.2, 0) is 19.6 Å². The van der Waals surface area contributed by atoms with Crippen LogP contribution < -0.4 is 4.31 Å². The predicted molar refractivity (Wildman–Crippen MR) is 72.3 cm³/mol. The van der Waals surface area contributed by atoms with E-state index in [1.165, 1.54) is 12.1 Å². The molecule has 1 rings (SSSR count). The van der Waals surface area contributed by atoms with Gasteiger partial charge in [0.25, 0.3) is 5.69 Å². The van der Waals surface area contributed by atoms with Gasteiger partial charge in [0, 0.05) is 6.07 Å². The highest BCUT2D eigenvalue weighted by molar-refractivity contribution is 7.92. The first-order chi connectivity index (χ1) is 9.16. The van der Waals surface area contributed by atoms with Crippen molar-refractivity contribution in [1.29, 1.82) is 0 Å². The van der Waals surface area contributed by atoms with Gasteiger partial charge in [0.2, 0.25) is 10.0 Å². The Morgan fingerprint density at radius 1 is 1.50 bits per heavy atom. The summed E-state index contributed by atoms with van der Waals surface area (Å²) >= 11 is 5.64. The summed E-state index contributed by atoms with van der Waals surface area (Å²) in [5.74, 6) is -0.798. The Morgan fingerprint density at radius 2 is 2.10 bits per heavy atom. The summed E-state index contributed by atoms with van der Waals surface area (Å²) in [5, 5.41) is 10.7. The van der Waals surface area contributed by atoms with Gasteiger partial charge in [-0.3, -0.25) is 19.2 Å². The lowest BCUT2D eigenvalue weighted by Gasteiger charge is -2.20. The summed E-state index contributed by atoms with van der Waals surface area (Å²) in [5.41, 5.74) is -0.503. The Hall–Kier alpha value is -1.87. The lowest BCUT2D eigenvalue weighted by atomic mass is 10.3. The van der Waals surface area contributed by atoms with Crippen LogP contribution in [0.15, 0.2) is 18.2 Å². The lowest BCUT2D eigenvalue weighted by molar-refractivity contribution is -0.384. The summed E-state index contributed by atoms with van der Waals surface area (Å²) in [4.78, 5) is 21.3. The zero-order valence-corrected chi connectivity index (χ0v) is 12.1. The van der Waals surface area contributed by atoms with Gasteiger partial charge in [-0.15, -0.1) is 0 Å². The molecule has 0 saturated heterocycles. The molecule has 0 unspecified atom stereocenters. The minimum atomic E-state index is -3.81. The zero-order valence-electron chi connectivity index (χ0n) is 10.6. The smallest absolute Gasteiger partial charge is 0.326 e. The van der Waals surface area contributed by atoms with Crippen molar-refractivity contribution in [2.75, 3.05) is 24.2 Å². The number of rotatable bonds is 5. The van der Waals surface area contributed by atoms with Gasteiger partial charge in [-0.1, -0.05) is 11.6 Å². The molecule has 1 aromatic rings. The van der Waals surface area contributed by atoms with E-state index in [-0.39, 0.29) is 10.7 Å². The van der Waals surface area contributed by atoms with Crippen LogP contribution in [0.5, 0.6) is 0 Å². The second-order valence-corrected chi connectivity index (χ2v) is 6.05. The van der Waals surface area contributed by atoms with E-state index >= 15 is 0 Å². The topological polar surface area (TPSA) is 107 Å². The Kier molecular flexibility index (Phi) is 4.90. The molecule has 1 aromatic carbocycles. The normalized spacial score (nSPS) is 10.9. The van der Waals surface area contributed by atoms with E-state index < -0.39 is 33.1 Å². The minimum absolute atomic E-state index is 0.0472. The van der Waals surface area contributed by atoms with Crippen LogP contribution in [0, 0.1) is 10.1 Å². The second-order valence-electron chi connectivity index (χ2n) is 3.74. The number of carbonyl (C=O) groups excluding carboxylic acids is 1. The summed E-state index contributed by atoms with van der Waals surface area (Å²) in [7, 11) is -2.71. The highest BCUT2D eigenvalue weighted by Crippen LogP contribution is 2.30. The van der Waals surface area contributed by atoms with Crippen LogP contribution in [0.2, 0.25) is 5.02 Å². The maximum atomic E-state index is 11.7. The molecule has 0 aliphatic heterocycles. The quantitative estimate of drug-likeness (QED) is 0.458. The summed E-state index contributed by atoms with van der Waals surface area (Å²) in [6, 6.07) is 3.43. The molecule has 0 heterocycles. The zero-order chi connectivity index (χ0) is 15.5. The van der Waals surface area contributed by atoms with Crippen LogP contribution in [0.4, 0.5) is 11.4 Å². The molecule has 0 fully saturated rings. The Bertz CT molecular complexity index is 645. The van der Waals surface area contributed by atoms with Gasteiger partial charge in [0.1, 0.15) is 11.6 Å². The van der Waals surface area contributed by atoms with E-state index in [0.717, 1.165) is 19.4 Å². The van der Waals surface area contributed by atoms with Crippen LogP contribution in [0.3, 0.4) is 0 Å². The largest absolute Gasteiger partial charge is 0.468 e. The highest BCUT2D eigenvalue weighted by atomic mass is 35.5. The van der Waals surface area contributed by atoms with Crippen LogP contribution in [0.1, 0.15) is 0 Å². The number of methoxy groups -OCH3 is 1. The van der Waals surface area contributed by atoms with Gasteiger partial charge in [0.05, 0.1) is 24.0 Å². The van der Waals surface area contributed by atoms with E-state index in [2.05, 4.69) is 4.74 Å². The lowest BCUT2D eigenvalue weighted by Crippen LogP contribution is -2.35. The number of ether oxygens (including phenoxy) is 1. The number of esters is 1. The molecule has 0 amide bonds. The number of nitro groups is 1. The maximum absolute atomic E-state index is 11.7. The number of benzene rings is 1. The molecule has 0 saturated carbocycles. The Labute approximate surface area is 120 Å².